The third-order valence-corrected chi connectivity index (χ3v) is 10.4. The van der Waals surface area contributed by atoms with E-state index < -0.39 is 45.5 Å². The minimum Gasteiger partial charge on any atom is -0.507 e. The third-order valence-electron chi connectivity index (χ3n) is 10.4. The standard InChI is InChI=1S/C35H42O6/c1-18(2)28-20(4)26(21(5)36)31(39)35(41)32(40)29-30(38)27-24(16-33(29,6)17-34(28,35)7)23(13-14-25(27)37)15-19(3)22-11-9-8-10-12-22/h11,13-15,18,28,37-38,41H,8-10,12,16-17H2,1-7H3/b19-15+/t28-,33+,34+,35-/m1/s1. The van der Waals surface area contributed by atoms with E-state index in [9.17, 15) is 29.7 Å². The molecule has 0 unspecified atom stereocenters. The molecule has 6 nitrogen and oxygen atoms in total. The van der Waals surface area contributed by atoms with Gasteiger partial charge in [0.2, 0.25) is 11.6 Å². The summed E-state index contributed by atoms with van der Waals surface area (Å²) in [5.41, 5.74) is -0.0246. The van der Waals surface area contributed by atoms with Crippen LogP contribution >= 0.6 is 0 Å². The molecule has 1 aromatic carbocycles. The summed E-state index contributed by atoms with van der Waals surface area (Å²) >= 11 is 0. The molecule has 3 N–H and O–H groups in total. The molecule has 0 bridgehead atoms. The predicted octanol–water partition coefficient (Wildman–Crippen LogP) is 6.60. The highest BCUT2D eigenvalue weighted by Crippen LogP contribution is 2.65. The molecule has 4 aliphatic rings. The molecule has 0 aliphatic heterocycles. The molecule has 1 saturated carbocycles. The fourth-order valence-corrected chi connectivity index (χ4v) is 8.93. The highest BCUT2D eigenvalue weighted by Gasteiger charge is 2.72. The minimum absolute atomic E-state index is 0.0496. The molecule has 0 saturated heterocycles. The molecule has 218 valence electrons. The number of allylic oxidation sites excluding steroid dienone is 4. The number of aliphatic hydroxyl groups is 2. The molecule has 6 heteroatoms. The number of hydrogen-bond donors (Lipinski definition) is 3. The number of aromatic hydroxyl groups is 1. The average molecular weight is 559 g/mol. The van der Waals surface area contributed by atoms with Crippen LogP contribution in [0.3, 0.4) is 0 Å². The van der Waals surface area contributed by atoms with E-state index >= 15 is 0 Å². The maximum atomic E-state index is 14.5. The lowest BCUT2D eigenvalue weighted by Crippen LogP contribution is -2.70. The maximum absolute atomic E-state index is 14.5. The number of Topliss-reactive ketones (excluding diaryl/α,β-unsaturated/α-hetero) is 3. The highest BCUT2D eigenvalue weighted by atomic mass is 16.3. The van der Waals surface area contributed by atoms with E-state index in [4.69, 9.17) is 0 Å². The Kier molecular flexibility index (Phi) is 6.89. The van der Waals surface area contributed by atoms with E-state index in [2.05, 4.69) is 19.1 Å². The second-order valence-corrected chi connectivity index (χ2v) is 13.6. The number of rotatable bonds is 4. The van der Waals surface area contributed by atoms with Gasteiger partial charge in [0.1, 0.15) is 11.5 Å². The molecule has 0 amide bonds. The summed E-state index contributed by atoms with van der Waals surface area (Å²) in [7, 11) is 0. The fourth-order valence-electron chi connectivity index (χ4n) is 8.93. The van der Waals surface area contributed by atoms with Crippen molar-refractivity contribution in [1.82, 2.24) is 0 Å². The van der Waals surface area contributed by atoms with Gasteiger partial charge in [0.25, 0.3) is 0 Å². The summed E-state index contributed by atoms with van der Waals surface area (Å²) in [6.07, 6.45) is 9.35. The fraction of sp³-hybridized carbons (Fsp3) is 0.514. The first-order valence-electron chi connectivity index (χ1n) is 14.8. The zero-order valence-corrected chi connectivity index (χ0v) is 25.3. The molecule has 0 heterocycles. The third kappa shape index (κ3) is 3.97. The van der Waals surface area contributed by atoms with Crippen LogP contribution in [-0.4, -0.2) is 38.3 Å². The van der Waals surface area contributed by atoms with Crippen molar-refractivity contribution in [3.05, 3.63) is 62.8 Å². The molecule has 1 aromatic rings. The topological polar surface area (TPSA) is 112 Å². The second kappa shape index (κ2) is 9.65. The molecule has 41 heavy (non-hydrogen) atoms. The lowest BCUT2D eigenvalue weighted by Gasteiger charge is -2.60. The number of fused-ring (bicyclic) bond motifs is 3. The van der Waals surface area contributed by atoms with Gasteiger partial charge in [-0.3, -0.25) is 14.4 Å². The number of carbonyl (C=O) groups excluding carboxylic acids is 3. The van der Waals surface area contributed by atoms with Crippen molar-refractivity contribution in [2.24, 2.45) is 22.7 Å². The van der Waals surface area contributed by atoms with Gasteiger partial charge < -0.3 is 15.3 Å². The second-order valence-electron chi connectivity index (χ2n) is 13.6. The van der Waals surface area contributed by atoms with E-state index in [0.717, 1.165) is 36.0 Å². The van der Waals surface area contributed by atoms with Crippen molar-refractivity contribution in [2.75, 3.05) is 0 Å². The highest BCUT2D eigenvalue weighted by molar-refractivity contribution is 6.33. The SMILES string of the molecule is CC(=O)C1=C(C)[C@@H](C(C)C)[C@]2(C)C[C@]3(C)Cc4c(/C=C(\C)C5=CCCCC5)ccc(O)c4C(O)=C3C(=O)[C@]2(O)C1=O. The summed E-state index contributed by atoms with van der Waals surface area (Å²) in [5, 5.41) is 34.9. The molecular formula is C35H42O6. The Morgan fingerprint density at radius 3 is 2.34 bits per heavy atom. The van der Waals surface area contributed by atoms with Crippen molar-refractivity contribution >= 4 is 29.2 Å². The number of ketones is 3. The average Bonchev–Trinajstić information content (AvgIpc) is 2.87. The smallest absolute Gasteiger partial charge is 0.206 e. The van der Waals surface area contributed by atoms with Crippen LogP contribution in [0.15, 0.2) is 46.1 Å². The Hall–Kier alpha value is -3.25. The quantitative estimate of drug-likeness (QED) is 0.284. The van der Waals surface area contributed by atoms with E-state index in [-0.39, 0.29) is 34.8 Å². The van der Waals surface area contributed by atoms with Crippen LogP contribution in [0, 0.1) is 22.7 Å². The molecule has 0 radical (unpaired) electrons. The minimum atomic E-state index is -2.51. The van der Waals surface area contributed by atoms with Gasteiger partial charge in [-0.05, 0) is 99.5 Å². The largest absolute Gasteiger partial charge is 0.507 e. The summed E-state index contributed by atoms with van der Waals surface area (Å²) < 4.78 is 0. The monoisotopic (exact) mass is 558 g/mol. The van der Waals surface area contributed by atoms with Crippen LogP contribution in [0.1, 0.15) is 97.3 Å². The normalized spacial score (nSPS) is 32.1. The summed E-state index contributed by atoms with van der Waals surface area (Å²) in [6.45, 7) is 12.8. The Balaban J connectivity index is 1.74. The number of phenolic OH excluding ortho intramolecular Hbond substituents is 1. The number of benzene rings is 1. The zero-order chi connectivity index (χ0) is 30.2. The molecular weight excluding hydrogens is 516 g/mol. The maximum Gasteiger partial charge on any atom is 0.206 e. The molecule has 0 spiro atoms. The number of aliphatic hydroxyl groups excluding tert-OH is 1. The van der Waals surface area contributed by atoms with E-state index in [0.29, 0.717) is 12.0 Å². The first-order valence-corrected chi connectivity index (χ1v) is 14.8. The van der Waals surface area contributed by atoms with Gasteiger partial charge in [0.15, 0.2) is 11.4 Å². The van der Waals surface area contributed by atoms with Crippen molar-refractivity contribution < 1.29 is 29.7 Å². The van der Waals surface area contributed by atoms with E-state index in [1.807, 2.05) is 26.8 Å². The van der Waals surface area contributed by atoms with Crippen LogP contribution in [0.2, 0.25) is 0 Å². The number of phenols is 1. The number of carbonyl (C=O) groups is 3. The lowest BCUT2D eigenvalue weighted by atomic mass is 9.42. The van der Waals surface area contributed by atoms with Gasteiger partial charge in [0.05, 0.1) is 11.1 Å². The molecule has 4 atom stereocenters. The first kappa shape index (κ1) is 29.2. The van der Waals surface area contributed by atoms with Gasteiger partial charge >= 0.3 is 0 Å². The summed E-state index contributed by atoms with van der Waals surface area (Å²) in [6, 6.07) is 3.36. The van der Waals surface area contributed by atoms with Gasteiger partial charge in [-0.25, -0.2) is 0 Å². The molecule has 0 aromatic heterocycles. The van der Waals surface area contributed by atoms with Crippen molar-refractivity contribution in [1.29, 1.82) is 0 Å². The molecule has 1 fully saturated rings. The predicted molar refractivity (Wildman–Crippen MR) is 159 cm³/mol. The Morgan fingerprint density at radius 1 is 1.07 bits per heavy atom. The molecule has 5 rings (SSSR count). The van der Waals surface area contributed by atoms with Gasteiger partial charge in [0, 0.05) is 16.4 Å². The van der Waals surface area contributed by atoms with E-state index in [1.165, 1.54) is 25.0 Å². The van der Waals surface area contributed by atoms with Crippen LogP contribution in [0.5, 0.6) is 5.75 Å². The van der Waals surface area contributed by atoms with Gasteiger partial charge in [-0.15, -0.1) is 0 Å². The van der Waals surface area contributed by atoms with Gasteiger partial charge in [-0.1, -0.05) is 51.5 Å². The Morgan fingerprint density at radius 2 is 1.76 bits per heavy atom. The van der Waals surface area contributed by atoms with Crippen molar-refractivity contribution in [3.63, 3.8) is 0 Å². The number of hydrogen-bond acceptors (Lipinski definition) is 6. The summed E-state index contributed by atoms with van der Waals surface area (Å²) in [5.74, 6) is -3.31. The van der Waals surface area contributed by atoms with Crippen molar-refractivity contribution in [3.8, 4) is 5.75 Å². The first-order chi connectivity index (χ1) is 19.1. The lowest BCUT2D eigenvalue weighted by molar-refractivity contribution is -0.180. The van der Waals surface area contributed by atoms with Crippen LogP contribution in [-0.2, 0) is 20.8 Å². The van der Waals surface area contributed by atoms with E-state index in [1.54, 1.807) is 13.8 Å². The molecule has 4 aliphatic carbocycles. The van der Waals surface area contributed by atoms with Gasteiger partial charge in [-0.2, -0.15) is 0 Å². The van der Waals surface area contributed by atoms with Crippen LogP contribution < -0.4 is 0 Å². The zero-order valence-electron chi connectivity index (χ0n) is 25.3. The van der Waals surface area contributed by atoms with Crippen LogP contribution in [0.25, 0.3) is 11.8 Å². The van der Waals surface area contributed by atoms with Crippen molar-refractivity contribution in [2.45, 2.75) is 92.6 Å². The summed E-state index contributed by atoms with van der Waals surface area (Å²) in [4.78, 5) is 41.1. The Labute approximate surface area is 242 Å². The Bertz CT molecular complexity index is 1520. The van der Waals surface area contributed by atoms with Crippen LogP contribution in [0.4, 0.5) is 0 Å².